The molecule has 1 heteroatoms. The van der Waals surface area contributed by atoms with Crippen molar-refractivity contribution in [3.05, 3.63) is 0 Å². The minimum Gasteiger partial charge on any atom is -0.393 e. The molecule has 0 aliphatic heterocycles. The van der Waals surface area contributed by atoms with Crippen molar-refractivity contribution in [2.45, 2.75) is 45.1 Å². The first kappa shape index (κ1) is 7.07. The van der Waals surface area contributed by atoms with Crippen LogP contribution in [-0.2, 0) is 0 Å². The standard InChI is InChI=1S/C8H16O/c1-2-7-3-5-8(9)6-4-7/h7-9H,2-6H2,1H3/t7-,8+. The molecule has 1 N–H and O–H groups in total. The van der Waals surface area contributed by atoms with Crippen molar-refractivity contribution in [2.75, 3.05) is 0 Å². The lowest BCUT2D eigenvalue weighted by Crippen LogP contribution is -2.17. The van der Waals surface area contributed by atoms with Gasteiger partial charge in [-0.1, -0.05) is 13.3 Å². The van der Waals surface area contributed by atoms with Crippen LogP contribution >= 0.6 is 0 Å². The lowest BCUT2D eigenvalue weighted by atomic mass is 9.86. The second-order valence-electron chi connectivity index (χ2n) is 3.08. The molecule has 0 unspecified atom stereocenters. The van der Waals surface area contributed by atoms with E-state index in [1.54, 1.807) is 0 Å². The molecule has 0 bridgehead atoms. The highest BCUT2D eigenvalue weighted by atomic mass is 16.3. The van der Waals surface area contributed by atoms with Gasteiger partial charge in [0.1, 0.15) is 0 Å². The second kappa shape index (κ2) is 3.21. The van der Waals surface area contributed by atoms with Gasteiger partial charge >= 0.3 is 0 Å². The van der Waals surface area contributed by atoms with Crippen LogP contribution < -0.4 is 0 Å². The maximum atomic E-state index is 9.12. The van der Waals surface area contributed by atoms with Gasteiger partial charge in [0, 0.05) is 0 Å². The number of rotatable bonds is 1. The lowest BCUT2D eigenvalue weighted by Gasteiger charge is -2.23. The van der Waals surface area contributed by atoms with Gasteiger partial charge in [0.15, 0.2) is 0 Å². The number of aliphatic hydroxyl groups excluding tert-OH is 1. The third kappa shape index (κ3) is 1.98. The first-order chi connectivity index (χ1) is 4.33. The van der Waals surface area contributed by atoms with Crippen LogP contribution in [0.1, 0.15) is 39.0 Å². The smallest absolute Gasteiger partial charge is 0.0540 e. The molecule has 0 atom stereocenters. The Balaban J connectivity index is 2.18. The summed E-state index contributed by atoms with van der Waals surface area (Å²) in [5.41, 5.74) is 0. The average molecular weight is 128 g/mol. The molecule has 1 aliphatic rings. The summed E-state index contributed by atoms with van der Waals surface area (Å²) in [6, 6.07) is 0. The summed E-state index contributed by atoms with van der Waals surface area (Å²) in [5, 5.41) is 9.12. The van der Waals surface area contributed by atoms with E-state index in [1.807, 2.05) is 0 Å². The fourth-order valence-corrected chi connectivity index (χ4v) is 1.55. The van der Waals surface area contributed by atoms with Crippen molar-refractivity contribution in [3.63, 3.8) is 0 Å². The summed E-state index contributed by atoms with van der Waals surface area (Å²) in [6.45, 7) is 2.24. The van der Waals surface area contributed by atoms with E-state index in [-0.39, 0.29) is 6.10 Å². The average Bonchev–Trinajstić information content (AvgIpc) is 1.90. The summed E-state index contributed by atoms with van der Waals surface area (Å²) in [5.74, 6) is 0.911. The molecule has 0 saturated heterocycles. The van der Waals surface area contributed by atoms with Crippen LogP contribution in [0.4, 0.5) is 0 Å². The molecule has 0 aromatic rings. The summed E-state index contributed by atoms with van der Waals surface area (Å²) < 4.78 is 0. The van der Waals surface area contributed by atoms with Crippen LogP contribution in [0, 0.1) is 5.92 Å². The topological polar surface area (TPSA) is 20.2 Å². The summed E-state index contributed by atoms with van der Waals surface area (Å²) >= 11 is 0. The summed E-state index contributed by atoms with van der Waals surface area (Å²) in [6.07, 6.45) is 5.90. The molecule has 1 saturated carbocycles. The highest BCUT2D eigenvalue weighted by Crippen LogP contribution is 2.25. The van der Waals surface area contributed by atoms with Gasteiger partial charge in [-0.15, -0.1) is 0 Å². The van der Waals surface area contributed by atoms with E-state index < -0.39 is 0 Å². The third-order valence-corrected chi connectivity index (χ3v) is 2.39. The molecule has 0 aromatic heterocycles. The van der Waals surface area contributed by atoms with E-state index in [0.29, 0.717) is 0 Å². The molecule has 0 heterocycles. The quantitative estimate of drug-likeness (QED) is 0.572. The van der Waals surface area contributed by atoms with Crippen LogP contribution in [-0.4, -0.2) is 11.2 Å². The van der Waals surface area contributed by atoms with Gasteiger partial charge in [0.2, 0.25) is 0 Å². The molecular weight excluding hydrogens is 112 g/mol. The normalized spacial score (nSPS) is 36.7. The Morgan fingerprint density at radius 3 is 2.22 bits per heavy atom. The molecule has 0 spiro atoms. The molecule has 54 valence electrons. The first-order valence-corrected chi connectivity index (χ1v) is 4.01. The SMILES string of the molecule is CC[C@H]1CC[C@@H](O)CC1. The van der Waals surface area contributed by atoms with Gasteiger partial charge < -0.3 is 5.11 Å². The van der Waals surface area contributed by atoms with Gasteiger partial charge in [0.05, 0.1) is 6.10 Å². The van der Waals surface area contributed by atoms with Gasteiger partial charge in [-0.25, -0.2) is 0 Å². The van der Waals surface area contributed by atoms with Crippen LogP contribution in [0.25, 0.3) is 0 Å². The minimum atomic E-state index is 0.0211. The highest BCUT2D eigenvalue weighted by Gasteiger charge is 2.16. The van der Waals surface area contributed by atoms with Crippen molar-refractivity contribution < 1.29 is 5.11 Å². The van der Waals surface area contributed by atoms with Crippen molar-refractivity contribution in [1.29, 1.82) is 0 Å². The van der Waals surface area contributed by atoms with Gasteiger partial charge in [0.25, 0.3) is 0 Å². The zero-order valence-electron chi connectivity index (χ0n) is 6.14. The van der Waals surface area contributed by atoms with Gasteiger partial charge in [-0.3, -0.25) is 0 Å². The van der Waals surface area contributed by atoms with Crippen molar-refractivity contribution in [2.24, 2.45) is 5.92 Å². The predicted molar refractivity (Wildman–Crippen MR) is 38.3 cm³/mol. The van der Waals surface area contributed by atoms with Gasteiger partial charge in [-0.2, -0.15) is 0 Å². The molecule has 1 rings (SSSR count). The van der Waals surface area contributed by atoms with Crippen molar-refractivity contribution in [3.8, 4) is 0 Å². The molecule has 0 aromatic carbocycles. The Morgan fingerprint density at radius 1 is 1.22 bits per heavy atom. The van der Waals surface area contributed by atoms with Gasteiger partial charge in [-0.05, 0) is 31.6 Å². The Hall–Kier alpha value is -0.0400. The molecule has 1 nitrogen and oxygen atoms in total. The van der Waals surface area contributed by atoms with Crippen molar-refractivity contribution in [1.82, 2.24) is 0 Å². The fourth-order valence-electron chi connectivity index (χ4n) is 1.55. The first-order valence-electron chi connectivity index (χ1n) is 4.01. The van der Waals surface area contributed by atoms with E-state index in [9.17, 15) is 0 Å². The summed E-state index contributed by atoms with van der Waals surface area (Å²) in [4.78, 5) is 0. The van der Waals surface area contributed by atoms with E-state index in [1.165, 1.54) is 19.3 Å². The lowest BCUT2D eigenvalue weighted by molar-refractivity contribution is 0.108. The maximum absolute atomic E-state index is 9.12. The monoisotopic (exact) mass is 128 g/mol. The molecule has 0 amide bonds. The number of hydrogen-bond donors (Lipinski definition) is 1. The predicted octanol–water partition coefficient (Wildman–Crippen LogP) is 1.95. The Bertz CT molecular complexity index is 72.6. The maximum Gasteiger partial charge on any atom is 0.0540 e. The van der Waals surface area contributed by atoms with E-state index in [0.717, 1.165) is 18.8 Å². The minimum absolute atomic E-state index is 0.0211. The van der Waals surface area contributed by atoms with Crippen LogP contribution in [0.2, 0.25) is 0 Å². The fraction of sp³-hybridized carbons (Fsp3) is 1.00. The molecule has 1 aliphatic carbocycles. The zero-order chi connectivity index (χ0) is 6.69. The Morgan fingerprint density at radius 2 is 1.78 bits per heavy atom. The summed E-state index contributed by atoms with van der Waals surface area (Å²) in [7, 11) is 0. The zero-order valence-corrected chi connectivity index (χ0v) is 6.14. The highest BCUT2D eigenvalue weighted by molar-refractivity contribution is 4.69. The van der Waals surface area contributed by atoms with E-state index in [2.05, 4.69) is 6.92 Å². The second-order valence-corrected chi connectivity index (χ2v) is 3.08. The number of hydrogen-bond acceptors (Lipinski definition) is 1. The Kier molecular flexibility index (Phi) is 2.52. The largest absolute Gasteiger partial charge is 0.393 e. The van der Waals surface area contributed by atoms with Crippen molar-refractivity contribution >= 4 is 0 Å². The van der Waals surface area contributed by atoms with Crippen LogP contribution in [0.5, 0.6) is 0 Å². The third-order valence-electron chi connectivity index (χ3n) is 2.39. The molecule has 1 fully saturated rings. The Labute approximate surface area is 57.1 Å². The molecule has 9 heavy (non-hydrogen) atoms. The van der Waals surface area contributed by atoms with Crippen LogP contribution in [0.3, 0.4) is 0 Å². The van der Waals surface area contributed by atoms with E-state index >= 15 is 0 Å². The van der Waals surface area contributed by atoms with E-state index in [4.69, 9.17) is 5.11 Å². The molecular formula is C8H16O. The van der Waals surface area contributed by atoms with Crippen LogP contribution in [0.15, 0.2) is 0 Å². The molecule has 0 radical (unpaired) electrons. The number of aliphatic hydroxyl groups is 1.